The Bertz CT molecular complexity index is 1990. The van der Waals surface area contributed by atoms with Crippen LogP contribution in [-0.2, 0) is 24.7 Å². The molecule has 8 rings (SSSR count). The Balaban J connectivity index is 0.000000168. The number of esters is 1. The van der Waals surface area contributed by atoms with Crippen molar-refractivity contribution in [2.45, 2.75) is 83.0 Å². The smallest absolute Gasteiger partial charge is 0.303 e. The van der Waals surface area contributed by atoms with Crippen LogP contribution in [-0.4, -0.2) is 55.6 Å². The van der Waals surface area contributed by atoms with E-state index in [1.165, 1.54) is 6.92 Å². The van der Waals surface area contributed by atoms with Gasteiger partial charge in [0.15, 0.2) is 12.4 Å². The van der Waals surface area contributed by atoms with Crippen LogP contribution in [0.15, 0.2) is 115 Å². The fourth-order valence-electron chi connectivity index (χ4n) is 10.9. The third-order valence-electron chi connectivity index (χ3n) is 13.5. The minimum absolute atomic E-state index is 0.0413. The highest BCUT2D eigenvalue weighted by Gasteiger charge is 2.68. The normalized spacial score (nSPS) is 30.1. The summed E-state index contributed by atoms with van der Waals surface area (Å²) in [5, 5.41) is 23.5. The first-order valence-corrected chi connectivity index (χ1v) is 19.4. The summed E-state index contributed by atoms with van der Waals surface area (Å²) in [4.78, 5) is 40.3. The van der Waals surface area contributed by atoms with E-state index in [2.05, 4.69) is 71.1 Å². The lowest BCUT2D eigenvalue weighted by atomic mass is 9.45. The lowest BCUT2D eigenvalue weighted by Gasteiger charge is -2.60. The molecule has 0 saturated heterocycles. The Morgan fingerprint density at radius 3 is 2.20 bits per heavy atom. The van der Waals surface area contributed by atoms with Gasteiger partial charge in [-0.3, -0.25) is 14.4 Å². The van der Waals surface area contributed by atoms with Gasteiger partial charge in [-0.25, -0.2) is 4.98 Å². The molecular formula is C45H49ClN2O6. The van der Waals surface area contributed by atoms with Crippen LogP contribution in [0.1, 0.15) is 82.4 Å². The van der Waals surface area contributed by atoms with E-state index in [1.54, 1.807) is 12.3 Å². The number of rotatable bonds is 7. The first kappa shape index (κ1) is 37.9. The molecule has 2 N–H and O–H groups in total. The molecule has 0 bridgehead atoms. The van der Waals surface area contributed by atoms with E-state index in [9.17, 15) is 24.6 Å². The Morgan fingerprint density at radius 2 is 1.59 bits per heavy atom. The number of fused-ring (bicyclic) bond motifs is 5. The van der Waals surface area contributed by atoms with Crippen molar-refractivity contribution < 1.29 is 29.3 Å². The molecule has 8 nitrogen and oxygen atoms in total. The van der Waals surface area contributed by atoms with Crippen LogP contribution in [0, 0.1) is 28.6 Å². The third-order valence-corrected chi connectivity index (χ3v) is 13.8. The van der Waals surface area contributed by atoms with Gasteiger partial charge in [0, 0.05) is 41.7 Å². The topological polar surface area (TPSA) is 119 Å². The van der Waals surface area contributed by atoms with Crippen LogP contribution in [0.4, 0.5) is 0 Å². The molecule has 1 aromatic heterocycles. The predicted octanol–water partition coefficient (Wildman–Crippen LogP) is 7.73. The maximum atomic E-state index is 12.9. The number of halogens is 1. The summed E-state index contributed by atoms with van der Waals surface area (Å²) in [6.45, 7) is 4.92. The van der Waals surface area contributed by atoms with Crippen molar-refractivity contribution in [2.75, 3.05) is 6.61 Å². The Kier molecular flexibility index (Phi) is 10.3. The number of carbonyl (C=O) groups excluding carboxylic acids is 3. The summed E-state index contributed by atoms with van der Waals surface area (Å²) >= 11 is 6.69. The summed E-state index contributed by atoms with van der Waals surface area (Å²) in [6, 6.07) is 28.8. The number of ketones is 2. The van der Waals surface area contributed by atoms with Gasteiger partial charge in [0.05, 0.1) is 12.4 Å². The molecule has 0 spiro atoms. The second kappa shape index (κ2) is 14.7. The molecule has 4 aliphatic rings. The van der Waals surface area contributed by atoms with Crippen molar-refractivity contribution in [3.8, 4) is 0 Å². The lowest BCUT2D eigenvalue weighted by Crippen LogP contribution is -2.62. The van der Waals surface area contributed by atoms with Gasteiger partial charge in [-0.05, 0) is 85.0 Å². The standard InChI is InChI=1S/C23H32O6.C22H17ClN2/c1-13(24)29-12-19(27)23(28)9-7-17-16-5-4-14-10-15(25)6-8-21(14,2)20(16)18(26)11-22(17,23)3;23-21-14-8-7-13-20(21)22(25-16-15-24-17-25,18-9-3-1-4-10-18)19-11-5-2-6-12-19/h10,16-18,20,26,28H,4-9,11-12H2,1-3H3;1-17H/t16-,17-,18-,20+,21-,22-,23-;/m0./s1. The van der Waals surface area contributed by atoms with Crippen LogP contribution in [0.3, 0.4) is 0 Å². The predicted molar refractivity (Wildman–Crippen MR) is 207 cm³/mol. The number of imidazole rings is 1. The van der Waals surface area contributed by atoms with E-state index < -0.39 is 41.0 Å². The Hall–Kier alpha value is -4.37. The van der Waals surface area contributed by atoms with E-state index in [0.717, 1.165) is 53.0 Å². The summed E-state index contributed by atoms with van der Waals surface area (Å²) in [7, 11) is 0. The number of aliphatic hydroxyl groups excluding tert-OH is 1. The van der Waals surface area contributed by atoms with Gasteiger partial charge in [0.25, 0.3) is 0 Å². The first-order valence-electron chi connectivity index (χ1n) is 19.0. The second-order valence-electron chi connectivity index (χ2n) is 16.1. The number of nitrogens with zero attached hydrogens (tertiary/aromatic N) is 2. The van der Waals surface area contributed by atoms with Crippen molar-refractivity contribution in [3.63, 3.8) is 0 Å². The maximum absolute atomic E-state index is 12.9. The minimum Gasteiger partial charge on any atom is -0.458 e. The molecule has 3 fully saturated rings. The first-order chi connectivity index (χ1) is 25.9. The Morgan fingerprint density at radius 1 is 0.944 bits per heavy atom. The van der Waals surface area contributed by atoms with Crippen molar-refractivity contribution in [1.29, 1.82) is 0 Å². The average molecular weight is 749 g/mol. The van der Waals surface area contributed by atoms with Crippen molar-refractivity contribution in [1.82, 2.24) is 9.55 Å². The highest BCUT2D eigenvalue weighted by atomic mass is 35.5. The van der Waals surface area contributed by atoms with Gasteiger partial charge < -0.3 is 19.5 Å². The zero-order valence-electron chi connectivity index (χ0n) is 31.2. The van der Waals surface area contributed by atoms with E-state index in [-0.39, 0.29) is 29.0 Å². The van der Waals surface area contributed by atoms with Crippen molar-refractivity contribution >= 4 is 29.1 Å². The summed E-state index contributed by atoms with van der Waals surface area (Å²) in [5.74, 6) is -0.462. The minimum atomic E-state index is -1.58. The highest BCUT2D eigenvalue weighted by Crippen LogP contribution is 2.67. The van der Waals surface area contributed by atoms with Gasteiger partial charge in [0.1, 0.15) is 11.1 Å². The number of hydrogen-bond acceptors (Lipinski definition) is 7. The number of allylic oxidation sites excluding steroid dienone is 1. The molecule has 4 aliphatic carbocycles. The van der Waals surface area contributed by atoms with Gasteiger partial charge in [-0.1, -0.05) is 110 Å². The number of benzene rings is 3. The van der Waals surface area contributed by atoms with Crippen LogP contribution in [0.5, 0.6) is 0 Å². The molecule has 0 unspecified atom stereocenters. The van der Waals surface area contributed by atoms with Gasteiger partial charge >= 0.3 is 5.97 Å². The SMILES string of the molecule is CC(=O)OCC(=O)[C@@]1(O)CC[C@H]2[C@@H]3CCC4=CC(=O)CC[C@]4(C)[C@H]3[C@@H](O)C[C@@]21C.Clc1ccccc1C(c1ccccc1)(c1ccccc1)n1ccnc1. The second-order valence-corrected chi connectivity index (χ2v) is 16.5. The summed E-state index contributed by atoms with van der Waals surface area (Å²) in [6.07, 6.45) is 11.2. The Labute approximate surface area is 322 Å². The molecule has 0 amide bonds. The number of ether oxygens (including phenoxy) is 1. The zero-order valence-corrected chi connectivity index (χ0v) is 31.9. The van der Waals surface area contributed by atoms with Gasteiger partial charge in [-0.15, -0.1) is 0 Å². The van der Waals surface area contributed by atoms with E-state index in [4.69, 9.17) is 16.3 Å². The fourth-order valence-corrected chi connectivity index (χ4v) is 11.2. The number of aliphatic hydroxyl groups is 2. The van der Waals surface area contributed by atoms with E-state index >= 15 is 0 Å². The number of Topliss-reactive ketones (excluding diaryl/α,β-unsaturated/α-hetero) is 1. The molecule has 1 heterocycles. The molecule has 0 aliphatic heterocycles. The molecule has 4 aromatic rings. The lowest BCUT2D eigenvalue weighted by molar-refractivity contribution is -0.184. The van der Waals surface area contributed by atoms with Crippen molar-refractivity contribution in [3.05, 3.63) is 137 Å². The van der Waals surface area contributed by atoms with Crippen molar-refractivity contribution in [2.24, 2.45) is 28.6 Å². The summed E-state index contributed by atoms with van der Waals surface area (Å²) in [5.41, 5.74) is 1.34. The molecule has 0 radical (unpaired) electrons. The number of aromatic nitrogens is 2. The molecular weight excluding hydrogens is 700 g/mol. The monoisotopic (exact) mass is 748 g/mol. The third kappa shape index (κ3) is 6.16. The average Bonchev–Trinajstić information content (AvgIpc) is 3.80. The van der Waals surface area contributed by atoms with Gasteiger partial charge in [-0.2, -0.15) is 0 Å². The summed E-state index contributed by atoms with van der Waals surface area (Å²) < 4.78 is 7.01. The van der Waals surface area contributed by atoms with Crippen LogP contribution in [0.25, 0.3) is 0 Å². The number of hydrogen-bond donors (Lipinski definition) is 2. The van der Waals surface area contributed by atoms with Crippen LogP contribution < -0.4 is 0 Å². The molecule has 54 heavy (non-hydrogen) atoms. The quantitative estimate of drug-likeness (QED) is 0.147. The molecule has 282 valence electrons. The maximum Gasteiger partial charge on any atom is 0.303 e. The molecule has 3 aromatic carbocycles. The van der Waals surface area contributed by atoms with E-state index in [0.29, 0.717) is 19.3 Å². The zero-order chi connectivity index (χ0) is 38.3. The van der Waals surface area contributed by atoms with Crippen LogP contribution in [0.2, 0.25) is 5.02 Å². The number of carbonyl (C=O) groups is 3. The largest absolute Gasteiger partial charge is 0.458 e. The van der Waals surface area contributed by atoms with Gasteiger partial charge in [0.2, 0.25) is 5.78 Å². The highest BCUT2D eigenvalue weighted by molar-refractivity contribution is 6.31. The van der Waals surface area contributed by atoms with Crippen LogP contribution >= 0.6 is 11.6 Å². The molecule has 7 atom stereocenters. The molecule has 3 saturated carbocycles. The molecule has 9 heteroatoms. The fraction of sp³-hybridized carbons (Fsp3) is 0.422. The van der Waals surface area contributed by atoms with E-state index in [1.807, 2.05) is 49.8 Å².